The molecule has 1 aliphatic heterocycles. The summed E-state index contributed by atoms with van der Waals surface area (Å²) in [5.41, 5.74) is 0.498. The van der Waals surface area contributed by atoms with E-state index < -0.39 is 0 Å². The van der Waals surface area contributed by atoms with E-state index in [9.17, 15) is 4.39 Å². The van der Waals surface area contributed by atoms with Crippen LogP contribution in [0.25, 0.3) is 0 Å². The maximum absolute atomic E-state index is 14.0. The van der Waals surface area contributed by atoms with Crippen molar-refractivity contribution in [2.75, 3.05) is 13.8 Å². The van der Waals surface area contributed by atoms with Crippen LogP contribution in [0.4, 0.5) is 4.39 Å². The number of ether oxygens (including phenoxy) is 3. The first kappa shape index (κ1) is 13.7. The molecule has 0 amide bonds. The maximum Gasteiger partial charge on any atom is 0.231 e. The molecule has 1 atom stereocenters. The highest BCUT2D eigenvalue weighted by Crippen LogP contribution is 2.38. The quantitative estimate of drug-likeness (QED) is 0.933. The van der Waals surface area contributed by atoms with Crippen molar-refractivity contribution in [2.24, 2.45) is 0 Å². The lowest BCUT2D eigenvalue weighted by Crippen LogP contribution is -2.14. The molecule has 1 heterocycles. The molecule has 4 nitrogen and oxygen atoms in total. The van der Waals surface area contributed by atoms with Gasteiger partial charge in [0.15, 0.2) is 11.5 Å². The lowest BCUT2D eigenvalue weighted by Gasteiger charge is -2.17. The zero-order valence-electron chi connectivity index (χ0n) is 11.9. The van der Waals surface area contributed by atoms with Gasteiger partial charge in [0.2, 0.25) is 6.79 Å². The molecule has 1 N–H and O–H groups in total. The zero-order valence-corrected chi connectivity index (χ0v) is 11.9. The molecule has 0 fully saturated rings. The molecule has 2 aromatic carbocycles. The first-order valence-electron chi connectivity index (χ1n) is 6.72. The normalized spacial score (nSPS) is 14.0. The van der Waals surface area contributed by atoms with E-state index in [1.165, 1.54) is 6.07 Å². The predicted octanol–water partition coefficient (Wildman–Crippen LogP) is 3.63. The molecular formula is C16H16FNO3. The molecule has 1 unspecified atom stereocenters. The highest BCUT2D eigenvalue weighted by atomic mass is 19.1. The molecule has 21 heavy (non-hydrogen) atoms. The average molecular weight is 289 g/mol. The van der Waals surface area contributed by atoms with Crippen molar-refractivity contribution >= 4 is 0 Å². The van der Waals surface area contributed by atoms with E-state index in [2.05, 4.69) is 5.32 Å². The highest BCUT2D eigenvalue weighted by Gasteiger charge is 2.18. The second kappa shape index (κ2) is 5.61. The number of rotatable bonds is 4. The first-order chi connectivity index (χ1) is 10.2. The number of hydrogen-bond acceptors (Lipinski definition) is 4. The third-order valence-electron chi connectivity index (χ3n) is 3.45. The van der Waals surface area contributed by atoms with Crippen molar-refractivity contribution in [3.8, 4) is 23.0 Å². The van der Waals surface area contributed by atoms with Crippen LogP contribution in [-0.4, -0.2) is 13.8 Å². The summed E-state index contributed by atoms with van der Waals surface area (Å²) in [4.78, 5) is 0. The Kier molecular flexibility index (Phi) is 3.66. The molecule has 5 heteroatoms. The molecular weight excluding hydrogens is 273 g/mol. The third kappa shape index (κ3) is 2.64. The molecule has 1 aliphatic rings. The molecule has 0 radical (unpaired) electrons. The third-order valence-corrected chi connectivity index (χ3v) is 3.45. The molecule has 3 rings (SSSR count). The molecule has 2 aromatic rings. The van der Waals surface area contributed by atoms with Gasteiger partial charge in [-0.2, -0.15) is 0 Å². The van der Waals surface area contributed by atoms with Gasteiger partial charge in [0.05, 0.1) is 0 Å². The van der Waals surface area contributed by atoms with Gasteiger partial charge in [0.1, 0.15) is 17.3 Å². The Morgan fingerprint density at radius 2 is 2.00 bits per heavy atom. The van der Waals surface area contributed by atoms with Gasteiger partial charge in [-0.25, -0.2) is 4.39 Å². The number of halogens is 1. The van der Waals surface area contributed by atoms with Crippen molar-refractivity contribution in [2.45, 2.75) is 13.0 Å². The van der Waals surface area contributed by atoms with E-state index in [-0.39, 0.29) is 18.7 Å². The highest BCUT2D eigenvalue weighted by molar-refractivity contribution is 5.49. The van der Waals surface area contributed by atoms with Gasteiger partial charge in [-0.3, -0.25) is 0 Å². The zero-order chi connectivity index (χ0) is 14.8. The maximum atomic E-state index is 14.0. The number of nitrogens with one attached hydrogen (secondary N) is 1. The second-order valence-corrected chi connectivity index (χ2v) is 4.78. The van der Waals surface area contributed by atoms with Crippen LogP contribution in [0.15, 0.2) is 36.4 Å². The summed E-state index contributed by atoms with van der Waals surface area (Å²) in [6, 6.07) is 9.93. The van der Waals surface area contributed by atoms with E-state index in [4.69, 9.17) is 14.2 Å². The average Bonchev–Trinajstić information content (AvgIpc) is 2.94. The van der Waals surface area contributed by atoms with Crippen molar-refractivity contribution in [3.05, 3.63) is 47.8 Å². The summed E-state index contributed by atoms with van der Waals surface area (Å²) in [7, 11) is 1.78. The van der Waals surface area contributed by atoms with Crippen molar-refractivity contribution in [1.29, 1.82) is 0 Å². The van der Waals surface area contributed by atoms with Crippen LogP contribution in [0.5, 0.6) is 23.0 Å². The van der Waals surface area contributed by atoms with Gasteiger partial charge < -0.3 is 19.5 Å². The fourth-order valence-electron chi connectivity index (χ4n) is 2.24. The van der Waals surface area contributed by atoms with Crippen molar-refractivity contribution < 1.29 is 18.6 Å². The van der Waals surface area contributed by atoms with Crippen LogP contribution in [-0.2, 0) is 0 Å². The van der Waals surface area contributed by atoms with E-state index in [0.717, 1.165) is 0 Å². The van der Waals surface area contributed by atoms with Gasteiger partial charge in [-0.1, -0.05) is 6.07 Å². The Morgan fingerprint density at radius 3 is 2.81 bits per heavy atom. The van der Waals surface area contributed by atoms with Crippen LogP contribution in [0.1, 0.15) is 18.5 Å². The van der Waals surface area contributed by atoms with Crippen LogP contribution < -0.4 is 19.5 Å². The minimum atomic E-state index is -0.296. The predicted molar refractivity (Wildman–Crippen MR) is 76.5 cm³/mol. The second-order valence-electron chi connectivity index (χ2n) is 4.78. The van der Waals surface area contributed by atoms with Crippen LogP contribution in [0.3, 0.4) is 0 Å². The fourth-order valence-corrected chi connectivity index (χ4v) is 2.24. The summed E-state index contributed by atoms with van der Waals surface area (Å²) in [5, 5.41) is 3.03. The smallest absolute Gasteiger partial charge is 0.231 e. The number of fused-ring (bicyclic) bond motifs is 1. The summed E-state index contributed by atoms with van der Waals surface area (Å²) in [6.07, 6.45) is 0. The van der Waals surface area contributed by atoms with Gasteiger partial charge in [-0.05, 0) is 38.2 Å². The number of benzene rings is 2. The van der Waals surface area contributed by atoms with Crippen LogP contribution in [0.2, 0.25) is 0 Å². The SMILES string of the molecule is CNC(C)c1c(F)cccc1Oc1ccc2c(c1)OCO2. The van der Waals surface area contributed by atoms with Crippen LogP contribution >= 0.6 is 0 Å². The monoisotopic (exact) mass is 289 g/mol. The summed E-state index contributed by atoms with van der Waals surface area (Å²) < 4.78 is 30.4. The molecule has 0 saturated carbocycles. The van der Waals surface area contributed by atoms with Gasteiger partial charge in [0, 0.05) is 17.7 Å². The van der Waals surface area contributed by atoms with E-state index >= 15 is 0 Å². The Labute approximate surface area is 122 Å². The summed E-state index contributed by atoms with van der Waals surface area (Å²) in [5.74, 6) is 2.08. The first-order valence-corrected chi connectivity index (χ1v) is 6.72. The lowest BCUT2D eigenvalue weighted by atomic mass is 10.1. The Morgan fingerprint density at radius 1 is 1.19 bits per heavy atom. The van der Waals surface area contributed by atoms with Crippen LogP contribution in [0, 0.1) is 5.82 Å². The molecule has 0 aromatic heterocycles. The Balaban J connectivity index is 1.93. The molecule has 0 saturated heterocycles. The molecule has 0 bridgehead atoms. The van der Waals surface area contributed by atoms with Crippen molar-refractivity contribution in [1.82, 2.24) is 5.32 Å². The standard InChI is InChI=1S/C16H16FNO3/c1-10(18-2)16-12(17)4-3-5-14(16)21-11-6-7-13-15(8-11)20-9-19-13/h3-8,10,18H,9H2,1-2H3. The van der Waals surface area contributed by atoms with Gasteiger partial charge >= 0.3 is 0 Å². The molecule has 0 aliphatic carbocycles. The van der Waals surface area contributed by atoms with Crippen molar-refractivity contribution in [3.63, 3.8) is 0 Å². The fraction of sp³-hybridized carbons (Fsp3) is 0.250. The minimum Gasteiger partial charge on any atom is -0.457 e. The van der Waals surface area contributed by atoms with E-state index in [1.54, 1.807) is 37.4 Å². The van der Waals surface area contributed by atoms with Gasteiger partial charge in [-0.15, -0.1) is 0 Å². The molecule has 0 spiro atoms. The minimum absolute atomic E-state index is 0.157. The lowest BCUT2D eigenvalue weighted by molar-refractivity contribution is 0.174. The summed E-state index contributed by atoms with van der Waals surface area (Å²) >= 11 is 0. The Bertz CT molecular complexity index is 660. The van der Waals surface area contributed by atoms with E-state index in [0.29, 0.717) is 28.6 Å². The number of hydrogen-bond donors (Lipinski definition) is 1. The largest absolute Gasteiger partial charge is 0.457 e. The Hall–Kier alpha value is -2.27. The van der Waals surface area contributed by atoms with Gasteiger partial charge in [0.25, 0.3) is 0 Å². The topological polar surface area (TPSA) is 39.7 Å². The summed E-state index contributed by atoms with van der Waals surface area (Å²) in [6.45, 7) is 2.09. The molecule has 110 valence electrons. The van der Waals surface area contributed by atoms with E-state index in [1.807, 2.05) is 6.92 Å².